The molecule has 0 spiro atoms. The Morgan fingerprint density at radius 3 is 2.47 bits per heavy atom. The van der Waals surface area contributed by atoms with Gasteiger partial charge in [-0.1, -0.05) is 19.1 Å². The van der Waals surface area contributed by atoms with Gasteiger partial charge in [0.05, 0.1) is 27.2 Å². The van der Waals surface area contributed by atoms with Crippen LogP contribution in [0.2, 0.25) is 0 Å². The maximum absolute atomic E-state index is 12.9. The molecule has 0 saturated heterocycles. The van der Waals surface area contributed by atoms with Gasteiger partial charge in [0.25, 0.3) is 0 Å². The Morgan fingerprint density at radius 1 is 1.06 bits per heavy atom. The van der Waals surface area contributed by atoms with E-state index in [1.807, 2.05) is 42.9 Å². The molecular formula is C26H30N4O3S3. The molecule has 36 heavy (non-hydrogen) atoms. The second kappa shape index (κ2) is 12.1. The van der Waals surface area contributed by atoms with E-state index < -0.39 is 10.0 Å². The number of methoxy groups -OCH3 is 1. The molecule has 1 atom stereocenters. The Bertz CT molecular complexity index is 1390. The lowest BCUT2D eigenvalue weighted by Crippen LogP contribution is -2.23. The summed E-state index contributed by atoms with van der Waals surface area (Å²) < 4.78 is 34.4. The van der Waals surface area contributed by atoms with Crippen molar-refractivity contribution in [3.63, 3.8) is 0 Å². The second-order valence-electron chi connectivity index (χ2n) is 8.63. The van der Waals surface area contributed by atoms with Gasteiger partial charge in [-0.2, -0.15) is 0 Å². The van der Waals surface area contributed by atoms with Crippen LogP contribution in [0.25, 0.3) is 10.2 Å². The van der Waals surface area contributed by atoms with Crippen LogP contribution in [0.5, 0.6) is 5.75 Å². The molecule has 10 heteroatoms. The molecule has 2 heterocycles. The van der Waals surface area contributed by atoms with E-state index in [-0.39, 0.29) is 11.4 Å². The standard InChI is InChI=1S/C26H30N4O3S3/c1-18(4-12-25-27-16-21(34-3)17-28-25)5-13-26-30-23-11-10-22(14-24(23)35-26)36(31,32)29-15-19-6-8-20(33-2)9-7-19/h6-11,14,16-18,29H,4-5,12-13,15H2,1-3H3/t18-/m0/s1. The molecule has 190 valence electrons. The van der Waals surface area contributed by atoms with E-state index in [4.69, 9.17) is 9.72 Å². The van der Waals surface area contributed by atoms with Crippen LogP contribution in [0.15, 0.2) is 64.6 Å². The molecular weight excluding hydrogens is 513 g/mol. The number of hydrogen-bond acceptors (Lipinski definition) is 8. The lowest BCUT2D eigenvalue weighted by molar-refractivity contribution is 0.414. The number of benzene rings is 2. The summed E-state index contributed by atoms with van der Waals surface area (Å²) in [7, 11) is -2.04. The van der Waals surface area contributed by atoms with Crippen molar-refractivity contribution in [2.75, 3.05) is 13.4 Å². The van der Waals surface area contributed by atoms with E-state index in [2.05, 4.69) is 21.6 Å². The molecule has 0 bridgehead atoms. The number of fused-ring (bicyclic) bond motifs is 1. The van der Waals surface area contributed by atoms with Crippen molar-refractivity contribution in [1.82, 2.24) is 19.7 Å². The zero-order chi connectivity index (χ0) is 25.5. The number of sulfonamides is 1. The molecule has 0 amide bonds. The monoisotopic (exact) mass is 542 g/mol. The summed E-state index contributed by atoms with van der Waals surface area (Å²) in [4.78, 5) is 14.9. The number of rotatable bonds is 12. The van der Waals surface area contributed by atoms with E-state index in [0.717, 1.165) is 62.9 Å². The molecule has 0 radical (unpaired) electrons. The van der Waals surface area contributed by atoms with Gasteiger partial charge < -0.3 is 4.74 Å². The van der Waals surface area contributed by atoms with Crippen molar-refractivity contribution in [1.29, 1.82) is 0 Å². The highest BCUT2D eigenvalue weighted by molar-refractivity contribution is 7.98. The Labute approximate surface area is 220 Å². The molecule has 4 rings (SSSR count). The Kier molecular flexibility index (Phi) is 8.95. The average Bonchev–Trinajstić information content (AvgIpc) is 3.32. The lowest BCUT2D eigenvalue weighted by atomic mass is 10.00. The Hall–Kier alpha value is -2.53. The molecule has 1 N–H and O–H groups in total. The van der Waals surface area contributed by atoms with Crippen molar-refractivity contribution in [3.05, 3.63) is 71.3 Å². The SMILES string of the molecule is COc1ccc(CNS(=O)(=O)c2ccc3nc(CC[C@@H](C)CCc4ncc(SC)cn4)sc3c2)cc1. The molecule has 7 nitrogen and oxygen atoms in total. The maximum Gasteiger partial charge on any atom is 0.240 e. The van der Waals surface area contributed by atoms with Crippen LogP contribution in [0.3, 0.4) is 0 Å². The first kappa shape index (κ1) is 26.5. The van der Waals surface area contributed by atoms with E-state index in [0.29, 0.717) is 5.92 Å². The third kappa shape index (κ3) is 7.03. The van der Waals surface area contributed by atoms with Gasteiger partial charge in [-0.05, 0) is 67.3 Å². The van der Waals surface area contributed by atoms with E-state index in [1.54, 1.807) is 48.4 Å². The fraction of sp³-hybridized carbons (Fsp3) is 0.346. The molecule has 0 unspecified atom stereocenters. The van der Waals surface area contributed by atoms with Gasteiger partial charge in [0.15, 0.2) is 0 Å². The zero-order valence-electron chi connectivity index (χ0n) is 20.6. The van der Waals surface area contributed by atoms with Gasteiger partial charge in [-0.3, -0.25) is 0 Å². The number of hydrogen-bond donors (Lipinski definition) is 1. The summed E-state index contributed by atoms with van der Waals surface area (Å²) in [6.45, 7) is 2.45. The smallest absolute Gasteiger partial charge is 0.240 e. The minimum atomic E-state index is -3.64. The number of nitrogens with zero attached hydrogens (tertiary/aromatic N) is 3. The third-order valence-electron chi connectivity index (χ3n) is 5.97. The number of thiazole rings is 1. The molecule has 2 aromatic heterocycles. The first-order chi connectivity index (χ1) is 17.4. The minimum Gasteiger partial charge on any atom is -0.497 e. The number of nitrogens with one attached hydrogen (secondary N) is 1. The van der Waals surface area contributed by atoms with Gasteiger partial charge in [0, 0.05) is 30.3 Å². The summed E-state index contributed by atoms with van der Waals surface area (Å²) in [5, 5.41) is 1.03. The molecule has 0 saturated carbocycles. The first-order valence-electron chi connectivity index (χ1n) is 11.7. The quantitative estimate of drug-likeness (QED) is 0.236. The van der Waals surface area contributed by atoms with E-state index in [9.17, 15) is 8.42 Å². The van der Waals surface area contributed by atoms with E-state index >= 15 is 0 Å². The van der Waals surface area contributed by atoms with Crippen LogP contribution in [0.1, 0.15) is 36.2 Å². The highest BCUT2D eigenvalue weighted by atomic mass is 32.2. The summed E-state index contributed by atoms with van der Waals surface area (Å²) in [6, 6.07) is 12.4. The molecule has 0 fully saturated rings. The van der Waals surface area contributed by atoms with Crippen molar-refractivity contribution >= 4 is 43.3 Å². The highest BCUT2D eigenvalue weighted by Crippen LogP contribution is 2.27. The van der Waals surface area contributed by atoms with Crippen LogP contribution in [0, 0.1) is 5.92 Å². The number of aromatic nitrogens is 3. The van der Waals surface area contributed by atoms with Crippen LogP contribution < -0.4 is 9.46 Å². The van der Waals surface area contributed by atoms with Gasteiger partial charge in [0.1, 0.15) is 11.6 Å². The maximum atomic E-state index is 12.9. The topological polar surface area (TPSA) is 94.1 Å². The minimum absolute atomic E-state index is 0.211. The van der Waals surface area contributed by atoms with Crippen LogP contribution >= 0.6 is 23.1 Å². The van der Waals surface area contributed by atoms with Crippen molar-refractivity contribution in [2.24, 2.45) is 5.92 Å². The number of thioether (sulfide) groups is 1. The molecule has 2 aromatic carbocycles. The average molecular weight is 543 g/mol. The van der Waals surface area contributed by atoms with Crippen LogP contribution in [-0.4, -0.2) is 36.7 Å². The fourth-order valence-corrected chi connectivity index (χ4v) is 6.16. The predicted molar refractivity (Wildman–Crippen MR) is 146 cm³/mol. The van der Waals surface area contributed by atoms with Crippen molar-refractivity contribution in [2.45, 2.75) is 48.9 Å². The summed E-state index contributed by atoms with van der Waals surface area (Å²) in [5.41, 5.74) is 1.69. The molecule has 0 aliphatic carbocycles. The lowest BCUT2D eigenvalue weighted by Gasteiger charge is -2.09. The molecule has 4 aromatic rings. The first-order valence-corrected chi connectivity index (χ1v) is 15.3. The second-order valence-corrected chi connectivity index (χ2v) is 12.4. The molecule has 0 aliphatic rings. The Balaban J connectivity index is 1.32. The largest absolute Gasteiger partial charge is 0.497 e. The van der Waals surface area contributed by atoms with E-state index in [1.165, 1.54) is 0 Å². The Morgan fingerprint density at radius 2 is 1.78 bits per heavy atom. The van der Waals surface area contributed by atoms with Crippen LogP contribution in [0.4, 0.5) is 0 Å². The predicted octanol–water partition coefficient (Wildman–Crippen LogP) is 5.50. The number of aryl methyl sites for hydroxylation is 2. The fourth-order valence-electron chi connectivity index (χ4n) is 3.70. The van der Waals surface area contributed by atoms with Crippen molar-refractivity contribution in [3.8, 4) is 5.75 Å². The summed E-state index contributed by atoms with van der Waals surface area (Å²) >= 11 is 3.20. The van der Waals surface area contributed by atoms with Gasteiger partial charge in [-0.15, -0.1) is 23.1 Å². The normalized spacial score (nSPS) is 12.6. The van der Waals surface area contributed by atoms with Gasteiger partial charge in [-0.25, -0.2) is 28.1 Å². The highest BCUT2D eigenvalue weighted by Gasteiger charge is 2.16. The number of ether oxygens (including phenoxy) is 1. The van der Waals surface area contributed by atoms with Crippen molar-refractivity contribution < 1.29 is 13.2 Å². The zero-order valence-corrected chi connectivity index (χ0v) is 23.0. The van der Waals surface area contributed by atoms with Crippen LogP contribution in [-0.2, 0) is 29.4 Å². The molecule has 0 aliphatic heterocycles. The van der Waals surface area contributed by atoms with Gasteiger partial charge >= 0.3 is 0 Å². The summed E-state index contributed by atoms with van der Waals surface area (Å²) in [5.74, 6) is 2.13. The summed E-state index contributed by atoms with van der Waals surface area (Å²) in [6.07, 6.45) is 9.53. The van der Waals surface area contributed by atoms with Gasteiger partial charge in [0.2, 0.25) is 10.0 Å². The third-order valence-corrected chi connectivity index (χ3v) is 9.13.